The monoisotopic (exact) mass is 447 g/mol. The number of anilines is 1. The zero-order valence-electron chi connectivity index (χ0n) is 17.1. The largest absolute Gasteiger partial charge is 0.369 e. The molecule has 1 aromatic carbocycles. The van der Waals surface area contributed by atoms with Crippen LogP contribution < -0.4 is 11.1 Å². The number of aromatic amines is 1. The van der Waals surface area contributed by atoms with Crippen molar-refractivity contribution in [2.24, 2.45) is 5.73 Å². The molecule has 0 unspecified atom stereocenters. The summed E-state index contributed by atoms with van der Waals surface area (Å²) in [6.07, 6.45) is -0.789. The zero-order valence-corrected chi connectivity index (χ0v) is 17.9. The zero-order chi connectivity index (χ0) is 22.1. The summed E-state index contributed by atoms with van der Waals surface area (Å²) in [6, 6.07) is 4.47. The van der Waals surface area contributed by atoms with Crippen LogP contribution in [0.1, 0.15) is 46.4 Å². The summed E-state index contributed by atoms with van der Waals surface area (Å²) in [7, 11) is 0. The molecule has 0 saturated carbocycles. The van der Waals surface area contributed by atoms with E-state index in [9.17, 15) is 13.6 Å². The van der Waals surface area contributed by atoms with Gasteiger partial charge in [-0.3, -0.25) is 9.89 Å². The van der Waals surface area contributed by atoms with Gasteiger partial charge in [0.2, 0.25) is 0 Å². The quantitative estimate of drug-likeness (QED) is 0.559. The van der Waals surface area contributed by atoms with Gasteiger partial charge in [0, 0.05) is 17.0 Å². The van der Waals surface area contributed by atoms with Gasteiger partial charge in [-0.05, 0) is 38.3 Å². The van der Waals surface area contributed by atoms with Crippen molar-refractivity contribution in [3.8, 4) is 10.6 Å². The molecule has 4 rings (SSSR count). The molecule has 7 nitrogen and oxygen atoms in total. The lowest BCUT2D eigenvalue weighted by molar-refractivity contribution is 0.0267. The number of hydrogen-bond donors (Lipinski definition) is 3. The Hall–Kier alpha value is -2.69. The number of amides is 1. The molecule has 1 fully saturated rings. The second-order valence-electron chi connectivity index (χ2n) is 7.62. The first-order chi connectivity index (χ1) is 14.8. The van der Waals surface area contributed by atoms with E-state index in [1.165, 1.54) is 11.3 Å². The average molecular weight is 448 g/mol. The molecule has 10 heteroatoms. The molecular weight excluding hydrogens is 424 g/mol. The van der Waals surface area contributed by atoms with Crippen LogP contribution in [0.15, 0.2) is 23.6 Å². The Morgan fingerprint density at radius 3 is 2.97 bits per heavy atom. The highest BCUT2D eigenvalue weighted by molar-refractivity contribution is 7.13. The maximum Gasteiger partial charge on any atom is 0.275 e. The lowest BCUT2D eigenvalue weighted by Gasteiger charge is -2.15. The summed E-state index contributed by atoms with van der Waals surface area (Å²) in [4.78, 5) is 17.2. The first kappa shape index (κ1) is 21.5. The van der Waals surface area contributed by atoms with Crippen LogP contribution in [-0.4, -0.2) is 39.9 Å². The fraction of sp³-hybridized carbons (Fsp3) is 0.381. The SMILES string of the molecule is Cc1cccc(-c2nc(C(=O)Nc3c([C@@H]4CC[C@@H](N)[C@H](F)CO4)n[nH]c3C)cs2)c1F. The Labute approximate surface area is 182 Å². The number of nitrogens with zero attached hydrogens (tertiary/aromatic N) is 2. The number of hydrogen-bond acceptors (Lipinski definition) is 6. The number of nitrogens with two attached hydrogens (primary N) is 1. The molecule has 1 aliphatic rings. The first-order valence-electron chi connectivity index (χ1n) is 9.93. The molecule has 3 atom stereocenters. The van der Waals surface area contributed by atoms with Gasteiger partial charge < -0.3 is 15.8 Å². The number of carbonyl (C=O) groups is 1. The van der Waals surface area contributed by atoms with Crippen molar-refractivity contribution in [1.29, 1.82) is 0 Å². The lowest BCUT2D eigenvalue weighted by Crippen LogP contribution is -2.32. The highest BCUT2D eigenvalue weighted by Crippen LogP contribution is 2.33. The van der Waals surface area contributed by atoms with Crippen molar-refractivity contribution in [2.75, 3.05) is 11.9 Å². The summed E-state index contributed by atoms with van der Waals surface area (Å²) >= 11 is 1.19. The van der Waals surface area contributed by atoms with E-state index in [-0.39, 0.29) is 18.1 Å². The summed E-state index contributed by atoms with van der Waals surface area (Å²) in [5.41, 5.74) is 8.43. The van der Waals surface area contributed by atoms with Crippen LogP contribution in [0.25, 0.3) is 10.6 Å². The molecule has 0 radical (unpaired) electrons. The number of ether oxygens (including phenoxy) is 1. The highest BCUT2D eigenvalue weighted by Gasteiger charge is 2.30. The summed E-state index contributed by atoms with van der Waals surface area (Å²) in [5, 5.41) is 11.9. The van der Waals surface area contributed by atoms with E-state index < -0.39 is 24.2 Å². The van der Waals surface area contributed by atoms with Crippen LogP contribution in [0, 0.1) is 19.7 Å². The van der Waals surface area contributed by atoms with Gasteiger partial charge in [-0.15, -0.1) is 11.3 Å². The van der Waals surface area contributed by atoms with Gasteiger partial charge in [0.15, 0.2) is 0 Å². The normalized spacial score (nSPS) is 21.6. The van der Waals surface area contributed by atoms with Crippen LogP contribution in [0.4, 0.5) is 14.5 Å². The Morgan fingerprint density at radius 2 is 2.16 bits per heavy atom. The van der Waals surface area contributed by atoms with Gasteiger partial charge in [-0.2, -0.15) is 5.10 Å². The van der Waals surface area contributed by atoms with Crippen molar-refractivity contribution < 1.29 is 18.3 Å². The van der Waals surface area contributed by atoms with Crippen LogP contribution in [-0.2, 0) is 4.74 Å². The van der Waals surface area contributed by atoms with E-state index in [4.69, 9.17) is 10.5 Å². The molecule has 0 spiro atoms. The van der Waals surface area contributed by atoms with Crippen LogP contribution in [0.5, 0.6) is 0 Å². The highest BCUT2D eigenvalue weighted by atomic mass is 32.1. The Balaban J connectivity index is 1.54. The molecule has 1 saturated heterocycles. The van der Waals surface area contributed by atoms with Gasteiger partial charge in [-0.1, -0.05) is 12.1 Å². The van der Waals surface area contributed by atoms with Crippen molar-refractivity contribution in [3.63, 3.8) is 0 Å². The van der Waals surface area contributed by atoms with Gasteiger partial charge in [0.05, 0.1) is 18.0 Å². The van der Waals surface area contributed by atoms with E-state index in [0.717, 1.165) is 0 Å². The van der Waals surface area contributed by atoms with Crippen molar-refractivity contribution >= 4 is 22.9 Å². The third-order valence-corrected chi connectivity index (χ3v) is 6.24. The van der Waals surface area contributed by atoms with Crippen LogP contribution >= 0.6 is 11.3 Å². The summed E-state index contributed by atoms with van der Waals surface area (Å²) in [6.45, 7) is 3.32. The predicted molar refractivity (Wildman–Crippen MR) is 114 cm³/mol. The average Bonchev–Trinajstić information content (AvgIpc) is 3.33. The maximum absolute atomic E-state index is 14.4. The Bertz CT molecular complexity index is 1090. The molecule has 0 aliphatic carbocycles. The minimum atomic E-state index is -1.24. The van der Waals surface area contributed by atoms with E-state index in [0.29, 0.717) is 46.1 Å². The number of benzene rings is 1. The van der Waals surface area contributed by atoms with E-state index in [1.54, 1.807) is 37.4 Å². The number of thiazole rings is 1. The van der Waals surface area contributed by atoms with Gasteiger partial charge in [0.1, 0.15) is 34.5 Å². The second-order valence-corrected chi connectivity index (χ2v) is 8.47. The number of alkyl halides is 1. The van der Waals surface area contributed by atoms with Gasteiger partial charge in [-0.25, -0.2) is 13.8 Å². The van der Waals surface area contributed by atoms with Crippen LogP contribution in [0.3, 0.4) is 0 Å². The topological polar surface area (TPSA) is 106 Å². The predicted octanol–water partition coefficient (Wildman–Crippen LogP) is 4.06. The maximum atomic E-state index is 14.4. The molecule has 3 heterocycles. The number of rotatable bonds is 4. The Morgan fingerprint density at radius 1 is 1.35 bits per heavy atom. The fourth-order valence-electron chi connectivity index (χ4n) is 3.49. The van der Waals surface area contributed by atoms with Gasteiger partial charge in [0.25, 0.3) is 5.91 Å². The molecule has 4 N–H and O–H groups in total. The third-order valence-electron chi connectivity index (χ3n) is 5.36. The van der Waals surface area contributed by atoms with Gasteiger partial charge >= 0.3 is 0 Å². The number of nitrogens with one attached hydrogen (secondary N) is 2. The number of halogens is 2. The number of carbonyl (C=O) groups excluding carboxylic acids is 1. The fourth-order valence-corrected chi connectivity index (χ4v) is 4.30. The minimum Gasteiger partial charge on any atom is -0.369 e. The van der Waals surface area contributed by atoms with Crippen molar-refractivity contribution in [3.05, 3.63) is 52.0 Å². The second kappa shape index (κ2) is 8.81. The molecule has 1 amide bonds. The number of aromatic nitrogens is 3. The lowest BCUT2D eigenvalue weighted by atomic mass is 10.0. The smallest absolute Gasteiger partial charge is 0.275 e. The third kappa shape index (κ3) is 4.36. The summed E-state index contributed by atoms with van der Waals surface area (Å²) < 4.78 is 33.9. The Kier molecular flexibility index (Phi) is 6.12. The molecular formula is C21H23F2N5O2S. The van der Waals surface area contributed by atoms with Crippen molar-refractivity contribution in [2.45, 2.75) is 45.0 Å². The standard InChI is InChI=1S/C21H23F2N5O2S/c1-10-4-3-5-12(17(10)23)21-25-15(9-31-21)20(29)26-18-11(2)27-28-19(18)16-7-6-14(24)13(22)8-30-16/h3-5,9,13-14,16H,6-8,24H2,1-2H3,(H,26,29)(H,27,28)/t13-,14-,16+/m1/s1. The van der Waals surface area contributed by atoms with Crippen LogP contribution in [0.2, 0.25) is 0 Å². The molecule has 1 aliphatic heterocycles. The van der Waals surface area contributed by atoms with E-state index in [1.807, 2.05) is 0 Å². The van der Waals surface area contributed by atoms with E-state index >= 15 is 0 Å². The minimum absolute atomic E-state index is 0.122. The van der Waals surface area contributed by atoms with Crippen molar-refractivity contribution in [1.82, 2.24) is 15.2 Å². The number of aryl methyl sites for hydroxylation is 2. The number of H-pyrrole nitrogens is 1. The molecule has 31 heavy (non-hydrogen) atoms. The molecule has 0 bridgehead atoms. The molecule has 164 valence electrons. The summed E-state index contributed by atoms with van der Waals surface area (Å²) in [5.74, 6) is -0.804. The molecule has 3 aromatic rings. The molecule has 2 aromatic heterocycles. The first-order valence-corrected chi connectivity index (χ1v) is 10.8. The van der Waals surface area contributed by atoms with E-state index in [2.05, 4.69) is 20.5 Å².